The Hall–Kier alpha value is -1.64. The van der Waals surface area contributed by atoms with Gasteiger partial charge < -0.3 is 10.8 Å². The zero-order valence-electron chi connectivity index (χ0n) is 9.43. The fourth-order valence-electron chi connectivity index (χ4n) is 1.43. The van der Waals surface area contributed by atoms with Gasteiger partial charge in [-0.3, -0.25) is 0 Å². The van der Waals surface area contributed by atoms with E-state index in [1.54, 1.807) is 6.08 Å². The highest BCUT2D eigenvalue weighted by atomic mass is 16.3. The van der Waals surface area contributed by atoms with E-state index in [9.17, 15) is 5.11 Å². The maximum absolute atomic E-state index is 9.19. The summed E-state index contributed by atoms with van der Waals surface area (Å²) in [6.07, 6.45) is 6.76. The molecule has 0 aromatic heterocycles. The second-order valence-corrected chi connectivity index (χ2v) is 3.42. The number of hydrogen-bond acceptors (Lipinski definition) is 2. The maximum atomic E-state index is 9.19. The summed E-state index contributed by atoms with van der Waals surface area (Å²) in [7, 11) is 0. The van der Waals surface area contributed by atoms with Crippen LogP contribution >= 0.6 is 0 Å². The molecule has 0 aliphatic rings. The van der Waals surface area contributed by atoms with Gasteiger partial charge in [-0.1, -0.05) is 55.1 Å². The highest BCUT2D eigenvalue weighted by molar-refractivity contribution is 5.75. The van der Waals surface area contributed by atoms with Crippen LogP contribution in [0.25, 0.3) is 5.57 Å². The molecule has 1 unspecified atom stereocenters. The van der Waals surface area contributed by atoms with Crippen LogP contribution in [0.15, 0.2) is 55.1 Å². The van der Waals surface area contributed by atoms with E-state index in [4.69, 9.17) is 5.73 Å². The number of aliphatic hydroxyl groups is 1. The molecule has 0 saturated heterocycles. The summed E-state index contributed by atoms with van der Waals surface area (Å²) in [5.41, 5.74) is 8.23. The molecular formula is C14H17NO. The Kier molecular flexibility index (Phi) is 4.70. The Bertz CT molecular complexity index is 399. The number of hydrogen-bond donors (Lipinski definition) is 2. The van der Waals surface area contributed by atoms with E-state index in [1.807, 2.05) is 49.4 Å². The largest absolute Gasteiger partial charge is 0.375 e. The van der Waals surface area contributed by atoms with Crippen LogP contribution in [0.5, 0.6) is 0 Å². The van der Waals surface area contributed by atoms with Crippen LogP contribution in [0.3, 0.4) is 0 Å². The van der Waals surface area contributed by atoms with Crippen molar-refractivity contribution in [1.29, 1.82) is 0 Å². The zero-order chi connectivity index (χ0) is 12.0. The van der Waals surface area contributed by atoms with Gasteiger partial charge in [0.2, 0.25) is 0 Å². The van der Waals surface area contributed by atoms with Gasteiger partial charge in [0.05, 0.1) is 0 Å². The summed E-state index contributed by atoms with van der Waals surface area (Å²) in [4.78, 5) is 0. The summed E-state index contributed by atoms with van der Waals surface area (Å²) < 4.78 is 0. The standard InChI is InChI=1S/C14H17NO/c1-3-5-11(6-4-2)12-7-9-13(10-8-12)14(15)16/h3-10,14,16H,1,15H2,2H3/b6-4-,11-5+. The van der Waals surface area contributed by atoms with Crippen LogP contribution in [0.1, 0.15) is 24.3 Å². The predicted molar refractivity (Wildman–Crippen MR) is 68.6 cm³/mol. The highest BCUT2D eigenvalue weighted by Crippen LogP contribution is 2.18. The summed E-state index contributed by atoms with van der Waals surface area (Å²) in [5.74, 6) is 0. The first-order valence-corrected chi connectivity index (χ1v) is 5.18. The van der Waals surface area contributed by atoms with Crippen LogP contribution in [0.4, 0.5) is 0 Å². The lowest BCUT2D eigenvalue weighted by Gasteiger charge is -2.06. The average molecular weight is 215 g/mol. The van der Waals surface area contributed by atoms with Crippen LogP contribution in [0, 0.1) is 0 Å². The third-order valence-corrected chi connectivity index (χ3v) is 2.23. The first-order valence-electron chi connectivity index (χ1n) is 5.18. The number of benzene rings is 1. The van der Waals surface area contributed by atoms with Gasteiger partial charge in [0.15, 0.2) is 0 Å². The molecule has 0 heterocycles. The Morgan fingerprint density at radius 1 is 1.38 bits per heavy atom. The van der Waals surface area contributed by atoms with Gasteiger partial charge in [0.25, 0.3) is 0 Å². The molecule has 1 aromatic carbocycles. The molecule has 16 heavy (non-hydrogen) atoms. The number of rotatable bonds is 4. The van der Waals surface area contributed by atoms with Crippen molar-refractivity contribution >= 4 is 5.57 Å². The van der Waals surface area contributed by atoms with Crippen molar-refractivity contribution in [3.05, 3.63) is 66.3 Å². The second-order valence-electron chi connectivity index (χ2n) is 3.42. The smallest absolute Gasteiger partial charge is 0.128 e. The maximum Gasteiger partial charge on any atom is 0.128 e. The molecule has 0 saturated carbocycles. The summed E-state index contributed by atoms with van der Waals surface area (Å²) >= 11 is 0. The topological polar surface area (TPSA) is 46.2 Å². The number of allylic oxidation sites excluding steroid dienone is 5. The van der Waals surface area contributed by atoms with Crippen molar-refractivity contribution in [3.63, 3.8) is 0 Å². The minimum absolute atomic E-state index is 0.710. The van der Waals surface area contributed by atoms with Crippen molar-refractivity contribution in [1.82, 2.24) is 0 Å². The molecular weight excluding hydrogens is 198 g/mol. The molecule has 3 N–H and O–H groups in total. The fraction of sp³-hybridized carbons (Fsp3) is 0.143. The van der Waals surface area contributed by atoms with Crippen molar-refractivity contribution in [3.8, 4) is 0 Å². The Labute approximate surface area is 96.4 Å². The molecule has 1 rings (SSSR count). The van der Waals surface area contributed by atoms with Gasteiger partial charge >= 0.3 is 0 Å². The minimum Gasteiger partial charge on any atom is -0.375 e. The monoisotopic (exact) mass is 215 g/mol. The number of nitrogens with two attached hydrogens (primary N) is 1. The molecule has 84 valence electrons. The lowest BCUT2D eigenvalue weighted by molar-refractivity contribution is 0.186. The van der Waals surface area contributed by atoms with Crippen molar-refractivity contribution in [2.24, 2.45) is 5.73 Å². The van der Waals surface area contributed by atoms with Crippen molar-refractivity contribution < 1.29 is 5.11 Å². The normalized spacial score (nSPS) is 14.1. The van der Waals surface area contributed by atoms with Crippen LogP contribution < -0.4 is 5.73 Å². The first kappa shape index (κ1) is 12.4. The first-order chi connectivity index (χ1) is 7.69. The molecule has 2 nitrogen and oxygen atoms in total. The predicted octanol–water partition coefficient (Wildman–Crippen LogP) is 2.78. The van der Waals surface area contributed by atoms with Gasteiger partial charge in [-0.25, -0.2) is 0 Å². The Balaban J connectivity index is 3.03. The van der Waals surface area contributed by atoms with E-state index >= 15 is 0 Å². The molecule has 0 bridgehead atoms. The third-order valence-electron chi connectivity index (χ3n) is 2.23. The average Bonchev–Trinajstić information content (AvgIpc) is 2.29. The Morgan fingerprint density at radius 2 is 2.00 bits per heavy atom. The SMILES string of the molecule is C=C/C=C(\C=C/C)c1ccc(C(N)O)cc1. The van der Waals surface area contributed by atoms with Gasteiger partial charge in [0, 0.05) is 0 Å². The summed E-state index contributed by atoms with van der Waals surface area (Å²) in [5, 5.41) is 9.19. The molecule has 0 amide bonds. The molecule has 0 fully saturated rings. The van der Waals surface area contributed by atoms with Crippen molar-refractivity contribution in [2.45, 2.75) is 13.2 Å². The van der Waals surface area contributed by atoms with E-state index in [1.165, 1.54) is 0 Å². The molecule has 0 aliphatic carbocycles. The lowest BCUT2D eigenvalue weighted by atomic mass is 10.0. The van der Waals surface area contributed by atoms with Gasteiger partial charge in [-0.05, 0) is 23.6 Å². The minimum atomic E-state index is -0.914. The van der Waals surface area contributed by atoms with Gasteiger partial charge in [-0.15, -0.1) is 0 Å². The van der Waals surface area contributed by atoms with E-state index < -0.39 is 6.23 Å². The molecule has 0 radical (unpaired) electrons. The van der Waals surface area contributed by atoms with Crippen molar-refractivity contribution in [2.75, 3.05) is 0 Å². The molecule has 1 aromatic rings. The quantitative estimate of drug-likeness (QED) is 0.599. The number of aliphatic hydroxyl groups excluding tert-OH is 1. The second kappa shape index (κ2) is 6.05. The Morgan fingerprint density at radius 3 is 2.44 bits per heavy atom. The van der Waals surface area contributed by atoms with E-state index in [-0.39, 0.29) is 0 Å². The van der Waals surface area contributed by atoms with Crippen LogP contribution in [-0.2, 0) is 0 Å². The van der Waals surface area contributed by atoms with Gasteiger partial charge in [-0.2, -0.15) is 0 Å². The van der Waals surface area contributed by atoms with E-state index in [0.29, 0.717) is 5.56 Å². The third kappa shape index (κ3) is 3.19. The molecule has 0 aliphatic heterocycles. The summed E-state index contributed by atoms with van der Waals surface area (Å²) in [6, 6.07) is 7.50. The summed E-state index contributed by atoms with van der Waals surface area (Å²) in [6.45, 7) is 5.65. The van der Waals surface area contributed by atoms with E-state index in [2.05, 4.69) is 6.58 Å². The molecule has 2 heteroatoms. The molecule has 0 spiro atoms. The van der Waals surface area contributed by atoms with Crippen LogP contribution in [-0.4, -0.2) is 5.11 Å². The lowest BCUT2D eigenvalue weighted by Crippen LogP contribution is -2.07. The highest BCUT2D eigenvalue weighted by Gasteiger charge is 2.01. The van der Waals surface area contributed by atoms with E-state index in [0.717, 1.165) is 11.1 Å². The van der Waals surface area contributed by atoms with Crippen LogP contribution in [0.2, 0.25) is 0 Å². The zero-order valence-corrected chi connectivity index (χ0v) is 9.43. The fourth-order valence-corrected chi connectivity index (χ4v) is 1.43. The molecule has 1 atom stereocenters. The van der Waals surface area contributed by atoms with Gasteiger partial charge in [0.1, 0.15) is 6.23 Å².